The van der Waals surface area contributed by atoms with Gasteiger partial charge in [0.15, 0.2) is 0 Å². The Morgan fingerprint density at radius 2 is 1.92 bits per heavy atom. The molecule has 6 rings (SSSR count). The summed E-state index contributed by atoms with van der Waals surface area (Å²) in [5.74, 6) is 3.19. The highest BCUT2D eigenvalue weighted by molar-refractivity contribution is 7.99. The third kappa shape index (κ3) is 5.27. The lowest BCUT2D eigenvalue weighted by Crippen LogP contribution is -2.41. The zero-order chi connectivity index (χ0) is 25.4. The van der Waals surface area contributed by atoms with Crippen LogP contribution in [0, 0.1) is 12.8 Å². The number of rotatable bonds is 6. The number of hydrogen-bond donors (Lipinski definition) is 0. The van der Waals surface area contributed by atoms with Crippen LogP contribution in [0.1, 0.15) is 56.6 Å². The first kappa shape index (κ1) is 24.5. The minimum atomic E-state index is -0.105. The lowest BCUT2D eigenvalue weighted by molar-refractivity contribution is -0.134. The van der Waals surface area contributed by atoms with Gasteiger partial charge < -0.3 is 14.5 Å². The van der Waals surface area contributed by atoms with E-state index in [1.807, 2.05) is 28.1 Å². The van der Waals surface area contributed by atoms with Crippen LogP contribution < -0.4 is 4.74 Å². The van der Waals surface area contributed by atoms with Crippen LogP contribution >= 0.6 is 23.1 Å². The first-order chi connectivity index (χ1) is 18.1. The Morgan fingerprint density at radius 1 is 1.08 bits per heavy atom. The first-order valence-corrected chi connectivity index (χ1v) is 15.0. The molecule has 2 aromatic carbocycles. The maximum absolute atomic E-state index is 13.3. The van der Waals surface area contributed by atoms with Gasteiger partial charge in [-0.3, -0.25) is 9.59 Å². The highest BCUT2D eigenvalue weighted by Crippen LogP contribution is 2.41. The summed E-state index contributed by atoms with van der Waals surface area (Å²) >= 11 is 3.35. The molecule has 1 saturated heterocycles. The summed E-state index contributed by atoms with van der Waals surface area (Å²) in [5.41, 5.74) is 5.25. The summed E-state index contributed by atoms with van der Waals surface area (Å²) in [4.78, 5) is 34.6. The molecule has 2 aliphatic heterocycles. The van der Waals surface area contributed by atoms with Crippen LogP contribution in [0.15, 0.2) is 47.8 Å². The molecule has 2 amide bonds. The van der Waals surface area contributed by atoms with Crippen LogP contribution in [-0.4, -0.2) is 57.7 Å². The Morgan fingerprint density at radius 3 is 2.70 bits per heavy atom. The molecule has 1 aliphatic carbocycles. The Kier molecular flexibility index (Phi) is 6.95. The number of carbonyl (C=O) groups excluding carboxylic acids is 2. The maximum atomic E-state index is 13.3. The number of thiazole rings is 1. The molecule has 1 aromatic heterocycles. The van der Waals surface area contributed by atoms with Crippen molar-refractivity contribution in [2.45, 2.75) is 38.8 Å². The molecule has 3 aliphatic rings. The Balaban J connectivity index is 1.22. The lowest BCUT2D eigenvalue weighted by Gasteiger charge is -2.38. The van der Waals surface area contributed by atoms with Gasteiger partial charge >= 0.3 is 0 Å². The molecule has 1 saturated carbocycles. The van der Waals surface area contributed by atoms with E-state index in [2.05, 4.69) is 53.2 Å². The van der Waals surface area contributed by atoms with Gasteiger partial charge in [0.05, 0.1) is 6.04 Å². The highest BCUT2D eigenvalue weighted by atomic mass is 32.2. The summed E-state index contributed by atoms with van der Waals surface area (Å²) in [6.07, 6.45) is 2.85. The van der Waals surface area contributed by atoms with Crippen LogP contribution in [-0.2, 0) is 17.8 Å². The molecule has 0 spiro atoms. The predicted molar refractivity (Wildman–Crippen MR) is 147 cm³/mol. The fourth-order valence-corrected chi connectivity index (χ4v) is 6.82. The van der Waals surface area contributed by atoms with E-state index in [-0.39, 0.29) is 23.8 Å². The minimum absolute atomic E-state index is 0.0120. The van der Waals surface area contributed by atoms with Crippen molar-refractivity contribution in [1.82, 2.24) is 14.8 Å². The fraction of sp³-hybridized carbons (Fsp3) is 0.414. The number of aryl methyl sites for hydroxylation is 1. The number of ether oxygens (including phenoxy) is 1. The number of fused-ring (bicyclic) bond motifs is 1. The molecule has 192 valence electrons. The van der Waals surface area contributed by atoms with E-state index in [1.54, 1.807) is 0 Å². The molecule has 37 heavy (non-hydrogen) atoms. The number of benzene rings is 2. The van der Waals surface area contributed by atoms with Crippen molar-refractivity contribution in [1.29, 1.82) is 0 Å². The Bertz CT molecular complexity index is 1310. The molecule has 6 nitrogen and oxygen atoms in total. The number of nitrogens with zero attached hydrogens (tertiary/aromatic N) is 3. The van der Waals surface area contributed by atoms with Crippen LogP contribution in [0.25, 0.3) is 0 Å². The lowest BCUT2D eigenvalue weighted by atomic mass is 9.87. The van der Waals surface area contributed by atoms with Gasteiger partial charge in [0.25, 0.3) is 5.91 Å². The standard InChI is InChI=1S/C29H31N3O3S2/c1-19-3-2-4-22(15-19)27-24-16-23(8-7-20(24)9-10-32(27)28(33)21-5-6-21)35-17-26-30-25(18-37-26)29(34)31-11-13-36-14-12-31/h2-4,7-8,15-16,18,21,27H,5-6,9-14,17H2,1H3/t27-/m0/s1. The number of thioether (sulfide) groups is 1. The average molecular weight is 534 g/mol. The maximum Gasteiger partial charge on any atom is 0.273 e. The van der Waals surface area contributed by atoms with Gasteiger partial charge in [0.2, 0.25) is 5.91 Å². The molecule has 0 bridgehead atoms. The summed E-state index contributed by atoms with van der Waals surface area (Å²) in [6, 6.07) is 14.6. The second-order valence-corrected chi connectivity index (χ2v) is 12.2. The van der Waals surface area contributed by atoms with E-state index in [9.17, 15) is 9.59 Å². The van der Waals surface area contributed by atoms with Crippen molar-refractivity contribution in [3.8, 4) is 5.75 Å². The van der Waals surface area contributed by atoms with Crippen molar-refractivity contribution >= 4 is 34.9 Å². The molecular formula is C29H31N3O3S2. The number of aromatic nitrogens is 1. The molecular weight excluding hydrogens is 502 g/mol. The van der Waals surface area contributed by atoms with E-state index in [1.165, 1.54) is 22.5 Å². The van der Waals surface area contributed by atoms with Gasteiger partial charge in [0, 0.05) is 42.4 Å². The van der Waals surface area contributed by atoms with E-state index in [0.717, 1.165) is 72.3 Å². The summed E-state index contributed by atoms with van der Waals surface area (Å²) in [6.45, 7) is 4.71. The fourth-order valence-electron chi connectivity index (χ4n) is 5.23. The third-order valence-electron chi connectivity index (χ3n) is 7.34. The van der Waals surface area contributed by atoms with Crippen LogP contribution in [0.4, 0.5) is 0 Å². The van der Waals surface area contributed by atoms with Gasteiger partial charge in [-0.25, -0.2) is 4.98 Å². The number of amides is 2. The van der Waals surface area contributed by atoms with Crippen LogP contribution in [0.3, 0.4) is 0 Å². The highest BCUT2D eigenvalue weighted by Gasteiger charge is 2.39. The van der Waals surface area contributed by atoms with Gasteiger partial charge in [-0.2, -0.15) is 11.8 Å². The number of carbonyl (C=O) groups is 2. The normalized spacial score (nSPS) is 19.4. The molecule has 8 heteroatoms. The molecule has 0 N–H and O–H groups in total. The Hall–Kier alpha value is -2.84. The largest absolute Gasteiger partial charge is 0.486 e. The first-order valence-electron chi connectivity index (χ1n) is 13.0. The summed E-state index contributed by atoms with van der Waals surface area (Å²) in [7, 11) is 0. The second kappa shape index (κ2) is 10.5. The monoisotopic (exact) mass is 533 g/mol. The zero-order valence-corrected chi connectivity index (χ0v) is 22.7. The van der Waals surface area contributed by atoms with E-state index < -0.39 is 0 Å². The van der Waals surface area contributed by atoms with Gasteiger partial charge in [0.1, 0.15) is 23.1 Å². The zero-order valence-electron chi connectivity index (χ0n) is 21.0. The van der Waals surface area contributed by atoms with Crippen molar-refractivity contribution in [3.05, 3.63) is 80.8 Å². The van der Waals surface area contributed by atoms with Gasteiger partial charge in [-0.1, -0.05) is 35.9 Å². The topological polar surface area (TPSA) is 62.7 Å². The SMILES string of the molecule is Cc1cccc([C@H]2c3cc(OCc4nc(C(=O)N5CCSCC5)cs4)ccc3CCN2C(=O)C2CC2)c1. The van der Waals surface area contributed by atoms with Gasteiger partial charge in [-0.05, 0) is 55.0 Å². The van der Waals surface area contributed by atoms with Crippen LogP contribution in [0.5, 0.6) is 5.75 Å². The molecule has 3 aromatic rings. The van der Waals surface area contributed by atoms with Crippen molar-refractivity contribution < 1.29 is 14.3 Å². The predicted octanol–water partition coefficient (Wildman–Crippen LogP) is 5.10. The summed E-state index contributed by atoms with van der Waals surface area (Å²) in [5, 5.41) is 2.62. The third-order valence-corrected chi connectivity index (χ3v) is 9.11. The van der Waals surface area contributed by atoms with E-state index >= 15 is 0 Å². The smallest absolute Gasteiger partial charge is 0.273 e. The quantitative estimate of drug-likeness (QED) is 0.441. The molecule has 0 unspecified atom stereocenters. The van der Waals surface area contributed by atoms with Crippen molar-refractivity contribution in [2.24, 2.45) is 5.92 Å². The molecule has 2 fully saturated rings. The van der Waals surface area contributed by atoms with Crippen molar-refractivity contribution in [3.63, 3.8) is 0 Å². The van der Waals surface area contributed by atoms with Gasteiger partial charge in [-0.15, -0.1) is 11.3 Å². The van der Waals surface area contributed by atoms with E-state index in [0.29, 0.717) is 12.3 Å². The number of hydrogen-bond acceptors (Lipinski definition) is 6. The molecule has 0 radical (unpaired) electrons. The second-order valence-electron chi connectivity index (χ2n) is 10.1. The minimum Gasteiger partial charge on any atom is -0.486 e. The Labute approximate surface area is 226 Å². The summed E-state index contributed by atoms with van der Waals surface area (Å²) < 4.78 is 6.18. The average Bonchev–Trinajstić information content (AvgIpc) is 3.68. The van der Waals surface area contributed by atoms with E-state index in [4.69, 9.17) is 4.74 Å². The van der Waals surface area contributed by atoms with Crippen molar-refractivity contribution in [2.75, 3.05) is 31.1 Å². The van der Waals surface area contributed by atoms with Crippen LogP contribution in [0.2, 0.25) is 0 Å². The molecule has 3 heterocycles. The molecule has 1 atom stereocenters.